The van der Waals surface area contributed by atoms with E-state index >= 15 is 0 Å². The van der Waals surface area contributed by atoms with Crippen LogP contribution in [-0.2, 0) is 11.2 Å². The predicted molar refractivity (Wildman–Crippen MR) is 66.6 cm³/mol. The SMILES string of the molecule is O=C1CCC(Cc2cncc3ccccc23)N1. The fourth-order valence-electron chi connectivity index (χ4n) is 2.44. The molecule has 0 bridgehead atoms. The van der Waals surface area contributed by atoms with Crippen LogP contribution in [0.2, 0.25) is 0 Å². The lowest BCUT2D eigenvalue weighted by Gasteiger charge is -2.11. The van der Waals surface area contributed by atoms with E-state index in [1.165, 1.54) is 10.9 Å². The summed E-state index contributed by atoms with van der Waals surface area (Å²) in [7, 11) is 0. The molecule has 1 N–H and O–H groups in total. The van der Waals surface area contributed by atoms with Crippen molar-refractivity contribution in [2.24, 2.45) is 0 Å². The second-order valence-electron chi connectivity index (χ2n) is 4.53. The number of amides is 1. The van der Waals surface area contributed by atoms with Gasteiger partial charge in [-0.05, 0) is 23.8 Å². The summed E-state index contributed by atoms with van der Waals surface area (Å²) in [4.78, 5) is 15.4. The van der Waals surface area contributed by atoms with Gasteiger partial charge in [0.2, 0.25) is 5.91 Å². The lowest BCUT2D eigenvalue weighted by atomic mass is 10.0. The predicted octanol–water partition coefficient (Wildman–Crippen LogP) is 2.06. The van der Waals surface area contributed by atoms with Crippen molar-refractivity contribution < 1.29 is 4.79 Å². The lowest BCUT2D eigenvalue weighted by molar-refractivity contribution is -0.119. The van der Waals surface area contributed by atoms with Gasteiger partial charge >= 0.3 is 0 Å². The van der Waals surface area contributed by atoms with Gasteiger partial charge in [-0.3, -0.25) is 9.78 Å². The number of hydrogen-bond acceptors (Lipinski definition) is 2. The first-order chi connectivity index (χ1) is 8.33. The van der Waals surface area contributed by atoms with E-state index in [2.05, 4.69) is 22.4 Å². The molecular weight excluding hydrogens is 212 g/mol. The Kier molecular flexibility index (Phi) is 2.52. The molecule has 1 aromatic heterocycles. The van der Waals surface area contributed by atoms with Crippen LogP contribution in [-0.4, -0.2) is 16.9 Å². The Labute approximate surface area is 99.9 Å². The second kappa shape index (κ2) is 4.17. The molecule has 0 saturated carbocycles. The van der Waals surface area contributed by atoms with Crippen LogP contribution < -0.4 is 5.32 Å². The zero-order valence-electron chi connectivity index (χ0n) is 9.52. The number of carbonyl (C=O) groups is 1. The van der Waals surface area contributed by atoms with Crippen molar-refractivity contribution in [3.8, 4) is 0 Å². The topological polar surface area (TPSA) is 42.0 Å². The van der Waals surface area contributed by atoms with E-state index in [9.17, 15) is 4.79 Å². The monoisotopic (exact) mass is 226 g/mol. The molecule has 1 saturated heterocycles. The molecule has 1 aliphatic heterocycles. The maximum absolute atomic E-state index is 11.2. The molecule has 0 spiro atoms. The van der Waals surface area contributed by atoms with Crippen molar-refractivity contribution in [3.05, 3.63) is 42.2 Å². The van der Waals surface area contributed by atoms with E-state index in [-0.39, 0.29) is 11.9 Å². The minimum atomic E-state index is 0.170. The average Bonchev–Trinajstić information content (AvgIpc) is 2.75. The third kappa shape index (κ3) is 2.00. The normalized spacial score (nSPS) is 19.5. The molecule has 0 aliphatic carbocycles. The van der Waals surface area contributed by atoms with Gasteiger partial charge in [-0.1, -0.05) is 24.3 Å². The van der Waals surface area contributed by atoms with E-state index in [0.717, 1.165) is 18.2 Å². The van der Waals surface area contributed by atoms with Crippen LogP contribution in [0.3, 0.4) is 0 Å². The van der Waals surface area contributed by atoms with E-state index < -0.39 is 0 Å². The van der Waals surface area contributed by atoms with Crippen LogP contribution in [0.1, 0.15) is 18.4 Å². The fourth-order valence-corrected chi connectivity index (χ4v) is 2.44. The highest BCUT2D eigenvalue weighted by atomic mass is 16.1. The Morgan fingerprint density at radius 2 is 2.18 bits per heavy atom. The van der Waals surface area contributed by atoms with Gasteiger partial charge in [0.1, 0.15) is 0 Å². The summed E-state index contributed by atoms with van der Waals surface area (Å²) < 4.78 is 0. The number of nitrogens with zero attached hydrogens (tertiary/aromatic N) is 1. The van der Waals surface area contributed by atoms with E-state index in [0.29, 0.717) is 6.42 Å². The lowest BCUT2D eigenvalue weighted by Crippen LogP contribution is -2.27. The van der Waals surface area contributed by atoms with E-state index in [1.807, 2.05) is 24.5 Å². The molecule has 1 aromatic carbocycles. The van der Waals surface area contributed by atoms with Crippen LogP contribution in [0.25, 0.3) is 10.8 Å². The molecule has 1 fully saturated rings. The highest BCUT2D eigenvalue weighted by molar-refractivity contribution is 5.85. The first kappa shape index (κ1) is 10.3. The summed E-state index contributed by atoms with van der Waals surface area (Å²) in [5.74, 6) is 0.170. The summed E-state index contributed by atoms with van der Waals surface area (Å²) in [6, 6.07) is 8.52. The van der Waals surface area contributed by atoms with Gasteiger partial charge in [0.15, 0.2) is 0 Å². The molecule has 3 rings (SSSR count). The van der Waals surface area contributed by atoms with Crippen LogP contribution >= 0.6 is 0 Å². The summed E-state index contributed by atoms with van der Waals surface area (Å²) in [6.45, 7) is 0. The Bertz CT molecular complexity index is 560. The summed E-state index contributed by atoms with van der Waals surface area (Å²) in [6.07, 6.45) is 6.25. The molecule has 1 amide bonds. The van der Waals surface area contributed by atoms with Crippen molar-refractivity contribution in [2.75, 3.05) is 0 Å². The van der Waals surface area contributed by atoms with Gasteiger partial charge in [0.05, 0.1) is 0 Å². The Balaban J connectivity index is 1.92. The number of pyridine rings is 1. The Morgan fingerprint density at radius 1 is 1.29 bits per heavy atom. The first-order valence-electron chi connectivity index (χ1n) is 5.94. The summed E-state index contributed by atoms with van der Waals surface area (Å²) in [5, 5.41) is 5.40. The number of fused-ring (bicyclic) bond motifs is 1. The highest BCUT2D eigenvalue weighted by Crippen LogP contribution is 2.20. The number of hydrogen-bond donors (Lipinski definition) is 1. The molecular formula is C14H14N2O. The molecule has 1 aliphatic rings. The van der Waals surface area contributed by atoms with Crippen LogP contribution in [0.5, 0.6) is 0 Å². The smallest absolute Gasteiger partial charge is 0.220 e. The van der Waals surface area contributed by atoms with Crippen molar-refractivity contribution >= 4 is 16.7 Å². The molecule has 17 heavy (non-hydrogen) atoms. The van der Waals surface area contributed by atoms with Crippen LogP contribution in [0, 0.1) is 0 Å². The third-order valence-corrected chi connectivity index (χ3v) is 3.30. The van der Waals surface area contributed by atoms with Crippen molar-refractivity contribution in [1.29, 1.82) is 0 Å². The highest BCUT2D eigenvalue weighted by Gasteiger charge is 2.21. The van der Waals surface area contributed by atoms with Crippen molar-refractivity contribution in [1.82, 2.24) is 10.3 Å². The molecule has 0 radical (unpaired) electrons. The van der Waals surface area contributed by atoms with Crippen LogP contribution in [0.15, 0.2) is 36.7 Å². The standard InChI is InChI=1S/C14H14N2O/c17-14-6-5-12(16-14)7-11-9-15-8-10-3-1-2-4-13(10)11/h1-4,8-9,12H,5-7H2,(H,16,17). The molecule has 86 valence electrons. The number of nitrogens with one attached hydrogen (secondary N) is 1. The van der Waals surface area contributed by atoms with E-state index in [4.69, 9.17) is 0 Å². The average molecular weight is 226 g/mol. The largest absolute Gasteiger partial charge is 0.353 e. The third-order valence-electron chi connectivity index (χ3n) is 3.30. The zero-order valence-corrected chi connectivity index (χ0v) is 9.52. The molecule has 1 unspecified atom stereocenters. The quantitative estimate of drug-likeness (QED) is 0.851. The van der Waals surface area contributed by atoms with Gasteiger partial charge in [-0.15, -0.1) is 0 Å². The Hall–Kier alpha value is -1.90. The minimum Gasteiger partial charge on any atom is -0.353 e. The number of rotatable bonds is 2. The van der Waals surface area contributed by atoms with Crippen molar-refractivity contribution in [3.63, 3.8) is 0 Å². The van der Waals surface area contributed by atoms with E-state index in [1.54, 1.807) is 0 Å². The molecule has 2 aromatic rings. The number of carbonyl (C=O) groups excluding carboxylic acids is 1. The zero-order chi connectivity index (χ0) is 11.7. The van der Waals surface area contributed by atoms with Gasteiger partial charge in [0, 0.05) is 30.2 Å². The van der Waals surface area contributed by atoms with Gasteiger partial charge in [0.25, 0.3) is 0 Å². The summed E-state index contributed by atoms with van der Waals surface area (Å²) in [5.41, 5.74) is 1.22. The Morgan fingerprint density at radius 3 is 3.00 bits per heavy atom. The minimum absolute atomic E-state index is 0.170. The number of benzene rings is 1. The van der Waals surface area contributed by atoms with Gasteiger partial charge in [-0.25, -0.2) is 0 Å². The second-order valence-corrected chi connectivity index (χ2v) is 4.53. The van der Waals surface area contributed by atoms with Gasteiger partial charge in [-0.2, -0.15) is 0 Å². The molecule has 2 heterocycles. The molecule has 3 nitrogen and oxygen atoms in total. The maximum atomic E-state index is 11.2. The number of aromatic nitrogens is 1. The molecule has 3 heteroatoms. The first-order valence-corrected chi connectivity index (χ1v) is 5.94. The molecule has 1 atom stereocenters. The fraction of sp³-hybridized carbons (Fsp3) is 0.286. The maximum Gasteiger partial charge on any atom is 0.220 e. The summed E-state index contributed by atoms with van der Waals surface area (Å²) >= 11 is 0. The van der Waals surface area contributed by atoms with Crippen molar-refractivity contribution in [2.45, 2.75) is 25.3 Å². The van der Waals surface area contributed by atoms with Gasteiger partial charge < -0.3 is 5.32 Å². The van der Waals surface area contributed by atoms with Crippen LogP contribution in [0.4, 0.5) is 0 Å².